The van der Waals surface area contributed by atoms with Crippen LogP contribution in [0.15, 0.2) is 12.4 Å². The minimum atomic E-state index is -1.09. The number of alkyl halides is 1. The van der Waals surface area contributed by atoms with Crippen LogP contribution in [0.4, 0.5) is 16.0 Å². The van der Waals surface area contributed by atoms with Crippen molar-refractivity contribution in [2.24, 2.45) is 0 Å². The summed E-state index contributed by atoms with van der Waals surface area (Å²) in [5.41, 5.74) is 1.08. The Balaban J connectivity index is 1.25. The molecule has 10 nitrogen and oxygen atoms in total. The van der Waals surface area contributed by atoms with E-state index in [0.717, 1.165) is 19.4 Å². The van der Waals surface area contributed by atoms with E-state index in [1.807, 2.05) is 6.92 Å². The normalized spacial score (nSPS) is 24.5. The van der Waals surface area contributed by atoms with E-state index in [0.29, 0.717) is 60.4 Å². The minimum Gasteiger partial charge on any atom is -0.471 e. The van der Waals surface area contributed by atoms with Crippen molar-refractivity contribution in [1.29, 1.82) is 5.26 Å². The number of anilines is 2. The van der Waals surface area contributed by atoms with E-state index in [-0.39, 0.29) is 16.7 Å². The Labute approximate surface area is 200 Å². The Morgan fingerprint density at radius 3 is 2.88 bits per heavy atom. The molecule has 0 spiro atoms. The smallest absolute Gasteiger partial charge is 0.232 e. The molecule has 0 bridgehead atoms. The van der Waals surface area contributed by atoms with Crippen LogP contribution in [-0.2, 0) is 4.74 Å². The highest BCUT2D eigenvalue weighted by atomic mass is 35.5. The van der Waals surface area contributed by atoms with Crippen molar-refractivity contribution >= 4 is 34.3 Å². The molecule has 1 saturated carbocycles. The molecular formula is C22H24ClFN8O2. The number of aromatic amines is 1. The molecule has 3 aliphatic rings. The number of fused-ring (bicyclic) bond motifs is 1. The van der Waals surface area contributed by atoms with Crippen LogP contribution in [0.25, 0.3) is 11.0 Å². The van der Waals surface area contributed by atoms with Crippen LogP contribution in [0.1, 0.15) is 37.8 Å². The highest BCUT2D eigenvalue weighted by Gasteiger charge is 2.41. The van der Waals surface area contributed by atoms with E-state index in [9.17, 15) is 5.26 Å². The van der Waals surface area contributed by atoms with Gasteiger partial charge in [-0.05, 0) is 26.2 Å². The van der Waals surface area contributed by atoms with Gasteiger partial charge in [-0.3, -0.25) is 4.90 Å². The molecule has 0 aromatic carbocycles. The topological polar surface area (TPSA) is 117 Å². The zero-order valence-electron chi connectivity index (χ0n) is 18.6. The number of nitrogens with zero attached hydrogens (tertiary/aromatic N) is 6. The van der Waals surface area contributed by atoms with Crippen molar-refractivity contribution in [3.05, 3.63) is 23.1 Å². The lowest BCUT2D eigenvalue weighted by atomic mass is 10.0. The molecule has 12 heteroatoms. The minimum absolute atomic E-state index is 0.246. The summed E-state index contributed by atoms with van der Waals surface area (Å²) < 4.78 is 27.9. The molecule has 3 aromatic rings. The van der Waals surface area contributed by atoms with Gasteiger partial charge in [-0.25, -0.2) is 9.07 Å². The molecule has 3 fully saturated rings. The molecule has 34 heavy (non-hydrogen) atoms. The predicted molar refractivity (Wildman–Crippen MR) is 122 cm³/mol. The molecule has 2 aliphatic heterocycles. The van der Waals surface area contributed by atoms with Crippen molar-refractivity contribution < 1.29 is 13.9 Å². The van der Waals surface area contributed by atoms with Gasteiger partial charge in [-0.1, -0.05) is 11.6 Å². The van der Waals surface area contributed by atoms with E-state index in [1.54, 1.807) is 12.4 Å². The van der Waals surface area contributed by atoms with Gasteiger partial charge in [0.05, 0.1) is 48.1 Å². The molecule has 2 atom stereocenters. The maximum atomic E-state index is 15.1. The van der Waals surface area contributed by atoms with Gasteiger partial charge in [0.1, 0.15) is 23.5 Å². The maximum Gasteiger partial charge on any atom is 0.232 e. The molecule has 178 valence electrons. The van der Waals surface area contributed by atoms with Crippen molar-refractivity contribution in [3.8, 4) is 11.9 Å². The van der Waals surface area contributed by atoms with E-state index >= 15 is 4.39 Å². The number of hydrogen-bond donors (Lipinski definition) is 2. The number of ether oxygens (including phenoxy) is 2. The Kier molecular flexibility index (Phi) is 5.13. The molecule has 6 rings (SSSR count). The Morgan fingerprint density at radius 2 is 2.21 bits per heavy atom. The zero-order valence-corrected chi connectivity index (χ0v) is 19.3. The van der Waals surface area contributed by atoms with Crippen LogP contribution < -0.4 is 10.1 Å². The van der Waals surface area contributed by atoms with Gasteiger partial charge in [0.25, 0.3) is 0 Å². The van der Waals surface area contributed by atoms with Crippen molar-refractivity contribution in [3.63, 3.8) is 0 Å². The molecular weight excluding hydrogens is 463 g/mol. The van der Waals surface area contributed by atoms with Crippen LogP contribution in [0.3, 0.4) is 0 Å². The number of nitrogens with one attached hydrogen (secondary N) is 2. The summed E-state index contributed by atoms with van der Waals surface area (Å²) in [6, 6.07) is 2.00. The number of nitriles is 1. The van der Waals surface area contributed by atoms with E-state index in [2.05, 4.69) is 36.3 Å². The van der Waals surface area contributed by atoms with Crippen LogP contribution >= 0.6 is 11.6 Å². The second kappa shape index (κ2) is 8.08. The van der Waals surface area contributed by atoms with Crippen molar-refractivity contribution in [2.45, 2.75) is 50.0 Å². The molecule has 2 N–H and O–H groups in total. The summed E-state index contributed by atoms with van der Waals surface area (Å²) in [6.45, 7) is 4.44. The number of piperidine rings is 1. The van der Waals surface area contributed by atoms with Gasteiger partial charge in [0, 0.05) is 19.3 Å². The molecule has 2 saturated heterocycles. The van der Waals surface area contributed by atoms with Crippen molar-refractivity contribution in [2.75, 3.05) is 31.6 Å². The van der Waals surface area contributed by atoms with Crippen LogP contribution in [0, 0.1) is 11.3 Å². The lowest BCUT2D eigenvalue weighted by molar-refractivity contribution is -0.0847. The fourth-order valence-electron chi connectivity index (χ4n) is 4.47. The van der Waals surface area contributed by atoms with Crippen LogP contribution in [0.2, 0.25) is 5.15 Å². The fourth-order valence-corrected chi connectivity index (χ4v) is 4.73. The van der Waals surface area contributed by atoms with Gasteiger partial charge in [-0.2, -0.15) is 20.3 Å². The van der Waals surface area contributed by atoms with E-state index in [1.165, 1.54) is 4.68 Å². The lowest BCUT2D eigenvalue weighted by Crippen LogP contribution is -2.55. The van der Waals surface area contributed by atoms with Gasteiger partial charge < -0.3 is 19.8 Å². The maximum absolute atomic E-state index is 15.1. The van der Waals surface area contributed by atoms with E-state index < -0.39 is 12.2 Å². The summed E-state index contributed by atoms with van der Waals surface area (Å²) in [6.07, 6.45) is 4.49. The lowest BCUT2D eigenvalue weighted by Gasteiger charge is -2.42. The molecule has 0 radical (unpaired) electrons. The van der Waals surface area contributed by atoms with Crippen LogP contribution in [-0.4, -0.2) is 73.8 Å². The quantitative estimate of drug-likeness (QED) is 0.545. The van der Waals surface area contributed by atoms with Gasteiger partial charge in [-0.15, -0.1) is 0 Å². The molecule has 1 aliphatic carbocycles. The summed E-state index contributed by atoms with van der Waals surface area (Å²) >= 11 is 6.61. The summed E-state index contributed by atoms with van der Waals surface area (Å²) in [5.74, 6) is 0.584. The number of H-pyrrole nitrogens is 1. The first-order valence-electron chi connectivity index (χ1n) is 11.4. The third-order valence-electron chi connectivity index (χ3n) is 6.89. The Hall–Kier alpha value is -2.94. The monoisotopic (exact) mass is 486 g/mol. The first-order chi connectivity index (χ1) is 16.4. The Morgan fingerprint density at radius 1 is 1.38 bits per heavy atom. The number of aromatic nitrogens is 5. The first-order valence-corrected chi connectivity index (χ1v) is 11.8. The van der Waals surface area contributed by atoms with Gasteiger partial charge in [0.2, 0.25) is 11.8 Å². The van der Waals surface area contributed by atoms with E-state index in [4.69, 9.17) is 21.1 Å². The summed E-state index contributed by atoms with van der Waals surface area (Å²) in [4.78, 5) is 14.1. The molecule has 5 heterocycles. The molecule has 3 aromatic heterocycles. The highest BCUT2D eigenvalue weighted by molar-refractivity contribution is 6.32. The third-order valence-corrected chi connectivity index (χ3v) is 7.26. The van der Waals surface area contributed by atoms with Gasteiger partial charge >= 0.3 is 0 Å². The van der Waals surface area contributed by atoms with Gasteiger partial charge in [0.15, 0.2) is 5.15 Å². The predicted octanol–water partition coefficient (Wildman–Crippen LogP) is 3.34. The van der Waals surface area contributed by atoms with Crippen LogP contribution in [0.5, 0.6) is 5.88 Å². The standard InChI is InChI=1S/C22H24ClFN8O2/c1-22(3-4-22)34-20-17-12(6-25)7-26-19(17)29-21(30-20)28-15-8-27-32(18(15)23)16-2-5-31(9-14(16)24)13-10-33-11-13/h7-8,13-14,16H,2-5,9-11H2,1H3,(H2,26,28,29,30)/t14-,16?/m0/s1. The Bertz CT molecular complexity index is 1280. The molecule has 0 amide bonds. The summed E-state index contributed by atoms with van der Waals surface area (Å²) in [5, 5.41) is 17.7. The summed E-state index contributed by atoms with van der Waals surface area (Å²) in [7, 11) is 0. The SMILES string of the molecule is CC1(Oc2nc(Nc3cnn(C4CCN(C5COC5)C[C@@H]4F)c3Cl)nc3[nH]cc(C#N)c23)CC1. The molecule has 1 unspecified atom stereocenters. The first kappa shape index (κ1) is 21.6. The largest absolute Gasteiger partial charge is 0.471 e. The second-order valence-electron chi connectivity index (χ2n) is 9.42. The number of likely N-dealkylation sites (tertiary alicyclic amines) is 1. The number of hydrogen-bond acceptors (Lipinski definition) is 8. The number of halogens is 2. The highest BCUT2D eigenvalue weighted by Crippen LogP contribution is 2.42. The number of rotatable bonds is 6. The fraction of sp³-hybridized carbons (Fsp3) is 0.545. The zero-order chi connectivity index (χ0) is 23.4. The average Bonchev–Trinajstić information content (AvgIpc) is 3.19. The second-order valence-corrected chi connectivity index (χ2v) is 9.78. The average molecular weight is 487 g/mol. The van der Waals surface area contributed by atoms with Crippen molar-refractivity contribution in [1.82, 2.24) is 29.6 Å². The third kappa shape index (κ3) is 3.76.